The van der Waals surface area contributed by atoms with E-state index in [1.807, 2.05) is 0 Å². The highest BCUT2D eigenvalue weighted by Crippen LogP contribution is 2.40. The van der Waals surface area contributed by atoms with Crippen molar-refractivity contribution in [1.82, 2.24) is 15.1 Å². The molecule has 0 aromatic heterocycles. The topological polar surface area (TPSA) is 222 Å². The van der Waals surface area contributed by atoms with E-state index in [1.165, 1.54) is 67.8 Å². The van der Waals surface area contributed by atoms with Crippen LogP contribution in [-0.4, -0.2) is 107 Å². The first kappa shape index (κ1) is 52.0. The smallest absolute Gasteiger partial charge is 0.227 e. The van der Waals surface area contributed by atoms with Crippen molar-refractivity contribution in [3.05, 3.63) is 47.5 Å². The van der Waals surface area contributed by atoms with Crippen LogP contribution in [0.15, 0.2) is 36.4 Å². The molecule has 354 valence electrons. The Morgan fingerprint density at radius 3 is 2.20 bits per heavy atom. The number of phenolic OH excluding ortho intramolecular Hbond substituents is 2. The van der Waals surface area contributed by atoms with Crippen LogP contribution in [0.25, 0.3) is 11.1 Å². The lowest BCUT2D eigenvalue weighted by atomic mass is 9.88. The highest BCUT2D eigenvalue weighted by Gasteiger charge is 2.38. The Bertz CT molecular complexity index is 2070. The Morgan fingerprint density at radius 2 is 1.55 bits per heavy atom. The number of amides is 3. The summed E-state index contributed by atoms with van der Waals surface area (Å²) in [7, 11) is -2.23. The van der Waals surface area contributed by atoms with Crippen molar-refractivity contribution in [1.29, 1.82) is 0 Å². The van der Waals surface area contributed by atoms with Crippen molar-refractivity contribution in [2.75, 3.05) is 31.6 Å². The van der Waals surface area contributed by atoms with Gasteiger partial charge in [-0.2, -0.15) is 0 Å². The molecule has 5 N–H and O–H groups in total. The van der Waals surface area contributed by atoms with Crippen LogP contribution in [0.3, 0.4) is 0 Å². The average Bonchev–Trinajstić information content (AvgIpc) is 3.75. The van der Waals surface area contributed by atoms with E-state index < -0.39 is 74.9 Å². The molecular weight excluding hydrogens is 837 g/mol. The third-order valence-corrected chi connectivity index (χ3v) is 14.7. The van der Waals surface area contributed by atoms with E-state index in [4.69, 9.17) is 5.73 Å². The summed E-state index contributed by atoms with van der Waals surface area (Å²) >= 11 is 0. The summed E-state index contributed by atoms with van der Waals surface area (Å²) in [6.45, 7) is 7.52. The quantitative estimate of drug-likeness (QED) is 0.0950. The van der Waals surface area contributed by atoms with Gasteiger partial charge in [-0.15, -0.1) is 0 Å². The summed E-state index contributed by atoms with van der Waals surface area (Å²) in [6.07, 6.45) is 9.77. The number of unbranched alkanes of at least 4 members (excludes halogenated alkanes) is 8. The normalized spacial score (nSPS) is 20.2. The van der Waals surface area contributed by atoms with Gasteiger partial charge in [-0.05, 0) is 87.4 Å². The number of ketones is 3. The summed E-state index contributed by atoms with van der Waals surface area (Å²) in [5.74, 6) is -6.27. The second-order valence-electron chi connectivity index (χ2n) is 18.3. The molecular formula is C49H72N4O10S. The fourth-order valence-corrected chi connectivity index (χ4v) is 10.9. The molecule has 1 fully saturated rings. The summed E-state index contributed by atoms with van der Waals surface area (Å²) < 4.78 is 27.1. The fourth-order valence-electron chi connectivity index (χ4n) is 9.13. The number of Topliss-reactive ketones (excluding diaryl/α,β-unsaturated/α-hetero) is 3. The minimum atomic E-state index is -3.67. The van der Waals surface area contributed by atoms with E-state index in [9.17, 15) is 47.4 Å². The SMILES string of the molecule is CCCCCCCCCCS(=O)(=O)C[C@@H](CCCCN)C(=O)N(C)[C@@H]1C(=O)C[C@@H](C)C(=O)N[C@H](C(=O)C[C@@H](C)C(=O)N2CCC[C@H]2C(C)=O)Cc2ccc(O)c(c2)-c2cc1ccc2O. The lowest BCUT2D eigenvalue weighted by molar-refractivity contribution is -0.142. The molecule has 0 radical (unpaired) electrons. The first-order chi connectivity index (χ1) is 30.4. The van der Waals surface area contributed by atoms with Crippen LogP contribution in [0.4, 0.5) is 0 Å². The summed E-state index contributed by atoms with van der Waals surface area (Å²) in [5, 5.41) is 25.1. The van der Waals surface area contributed by atoms with Gasteiger partial charge >= 0.3 is 0 Å². The summed E-state index contributed by atoms with van der Waals surface area (Å²) in [6, 6.07) is 5.89. The minimum absolute atomic E-state index is 0.0347. The number of nitrogens with one attached hydrogen (secondary N) is 1. The van der Waals surface area contributed by atoms with E-state index in [0.29, 0.717) is 50.8 Å². The Labute approximate surface area is 380 Å². The van der Waals surface area contributed by atoms with Crippen molar-refractivity contribution in [3.8, 4) is 22.6 Å². The maximum atomic E-state index is 14.6. The maximum Gasteiger partial charge on any atom is 0.227 e. The summed E-state index contributed by atoms with van der Waals surface area (Å²) in [4.78, 5) is 85.6. The van der Waals surface area contributed by atoms with Gasteiger partial charge in [0.05, 0.1) is 29.5 Å². The number of phenols is 2. The lowest BCUT2D eigenvalue weighted by Gasteiger charge is -2.32. The highest BCUT2D eigenvalue weighted by molar-refractivity contribution is 7.91. The van der Waals surface area contributed by atoms with Gasteiger partial charge in [0.25, 0.3) is 0 Å². The van der Waals surface area contributed by atoms with Crippen LogP contribution < -0.4 is 11.1 Å². The van der Waals surface area contributed by atoms with Gasteiger partial charge in [0.2, 0.25) is 17.7 Å². The standard InChI is InChI=1S/C49H72N4O10S/c1-6-7-8-9-10-11-12-15-25-64(62,63)31-37(17-13-14-23-50)49(61)52(5)46-36-20-22-43(56)39(30-36)38-28-35(19-21-42(38)55)29-40(51-47(59)32(2)26-45(46)58)44(57)27-33(3)48(60)53-24-16-18-41(53)34(4)54/h19-22,28,30,32-33,37,40-41,46,55-56H,6-18,23-27,29,31,50H2,1-5H3,(H,51,59)/t32-,33-,37-,40+,41+,46+/m1/s1. The molecule has 0 saturated carbocycles. The number of hydrogen-bond acceptors (Lipinski definition) is 11. The van der Waals surface area contributed by atoms with Crippen molar-refractivity contribution >= 4 is 44.9 Å². The van der Waals surface area contributed by atoms with Crippen molar-refractivity contribution in [2.45, 2.75) is 149 Å². The van der Waals surface area contributed by atoms with Crippen molar-refractivity contribution < 1.29 is 47.4 Å². The van der Waals surface area contributed by atoms with Crippen LogP contribution in [-0.2, 0) is 45.0 Å². The number of benzene rings is 2. The number of fused-ring (bicyclic) bond motifs is 5. The number of aromatic hydroxyl groups is 2. The molecule has 3 amide bonds. The third-order valence-electron chi connectivity index (χ3n) is 12.9. The highest BCUT2D eigenvalue weighted by atomic mass is 32.2. The number of sulfone groups is 1. The van der Waals surface area contributed by atoms with Gasteiger partial charge in [0.15, 0.2) is 27.2 Å². The van der Waals surface area contributed by atoms with Crippen molar-refractivity contribution in [2.24, 2.45) is 23.5 Å². The Balaban J connectivity index is 1.65. The molecule has 2 aromatic rings. The third kappa shape index (κ3) is 14.4. The molecule has 14 nitrogen and oxygen atoms in total. The monoisotopic (exact) mass is 908 g/mol. The molecule has 1 saturated heterocycles. The van der Waals surface area contributed by atoms with Crippen LogP contribution in [0.2, 0.25) is 0 Å². The Kier molecular flexibility index (Phi) is 20.0. The van der Waals surface area contributed by atoms with Crippen molar-refractivity contribution in [3.63, 3.8) is 0 Å². The van der Waals surface area contributed by atoms with E-state index in [1.54, 1.807) is 19.1 Å². The second-order valence-corrected chi connectivity index (χ2v) is 20.5. The molecule has 2 aromatic carbocycles. The van der Waals surface area contributed by atoms with E-state index in [-0.39, 0.29) is 71.3 Å². The Morgan fingerprint density at radius 1 is 0.906 bits per heavy atom. The summed E-state index contributed by atoms with van der Waals surface area (Å²) in [5.41, 5.74) is 6.88. The zero-order chi connectivity index (χ0) is 47.1. The molecule has 64 heavy (non-hydrogen) atoms. The zero-order valence-electron chi connectivity index (χ0n) is 38.6. The first-order valence-corrected chi connectivity index (χ1v) is 25.2. The molecule has 2 aliphatic rings. The molecule has 2 aliphatic heterocycles. The molecule has 0 unspecified atom stereocenters. The number of carbonyl (C=O) groups is 6. The van der Waals surface area contributed by atoms with Gasteiger partial charge in [-0.25, -0.2) is 8.42 Å². The zero-order valence-corrected chi connectivity index (χ0v) is 39.4. The number of likely N-dealkylation sites (tertiary alicyclic amines) is 1. The lowest BCUT2D eigenvalue weighted by Crippen LogP contribution is -2.47. The largest absolute Gasteiger partial charge is 0.507 e. The van der Waals surface area contributed by atoms with Crippen LogP contribution in [0.5, 0.6) is 11.5 Å². The molecule has 0 aliphatic carbocycles. The maximum absolute atomic E-state index is 14.6. The van der Waals surface area contributed by atoms with Crippen LogP contribution in [0, 0.1) is 17.8 Å². The van der Waals surface area contributed by atoms with E-state index in [0.717, 1.165) is 32.1 Å². The van der Waals surface area contributed by atoms with Gasteiger partial charge in [0, 0.05) is 49.4 Å². The minimum Gasteiger partial charge on any atom is -0.507 e. The van der Waals surface area contributed by atoms with Gasteiger partial charge in [0.1, 0.15) is 17.5 Å². The number of nitrogens with two attached hydrogens (primary N) is 1. The molecule has 2 heterocycles. The second kappa shape index (κ2) is 24.6. The number of nitrogens with zero attached hydrogens (tertiary/aromatic N) is 2. The first-order valence-electron chi connectivity index (χ1n) is 23.4. The average molecular weight is 909 g/mol. The molecule has 6 atom stereocenters. The predicted octanol–water partition coefficient (Wildman–Crippen LogP) is 6.38. The van der Waals surface area contributed by atoms with Gasteiger partial charge < -0.3 is 31.1 Å². The number of likely N-dealkylation sites (N-methyl/N-ethyl adjacent to an activating group) is 1. The van der Waals surface area contributed by atoms with E-state index >= 15 is 0 Å². The molecule has 15 heteroatoms. The van der Waals surface area contributed by atoms with E-state index in [2.05, 4.69) is 12.2 Å². The number of hydrogen-bond donors (Lipinski definition) is 4. The van der Waals surface area contributed by atoms with Gasteiger partial charge in [-0.3, -0.25) is 28.8 Å². The molecule has 4 bridgehead atoms. The Hall–Kier alpha value is -4.63. The molecule has 4 rings (SSSR count). The van der Waals surface area contributed by atoms with Crippen LogP contribution in [0.1, 0.15) is 141 Å². The van der Waals surface area contributed by atoms with Crippen LogP contribution >= 0.6 is 0 Å². The molecule has 0 spiro atoms. The number of carbonyl (C=O) groups excluding carboxylic acids is 6. The fraction of sp³-hybridized carbons (Fsp3) is 0.633. The predicted molar refractivity (Wildman–Crippen MR) is 247 cm³/mol. The number of rotatable bonds is 22. The van der Waals surface area contributed by atoms with Gasteiger partial charge in [-0.1, -0.05) is 84.3 Å².